The fourth-order valence-corrected chi connectivity index (χ4v) is 3.63. The number of hydrogen-bond acceptors (Lipinski definition) is 4. The first kappa shape index (κ1) is 16.0. The van der Waals surface area contributed by atoms with Crippen LogP contribution in [-0.4, -0.2) is 26.8 Å². The predicted octanol–water partition coefficient (Wildman–Crippen LogP) is 3.94. The number of rotatable bonds is 6. The number of nitrogens with zero attached hydrogens (tertiary/aromatic N) is 3. The number of aromatic nitrogens is 2. The van der Waals surface area contributed by atoms with Crippen LogP contribution >= 0.6 is 11.3 Å². The summed E-state index contributed by atoms with van der Waals surface area (Å²) in [6, 6.07) is 16.4. The third-order valence-electron chi connectivity index (χ3n) is 4.27. The molecular weight excluding hydrogens is 330 g/mol. The average Bonchev–Trinajstić information content (AvgIpc) is 3.39. The van der Waals surface area contributed by atoms with E-state index in [0.717, 1.165) is 29.2 Å². The van der Waals surface area contributed by atoms with Crippen LogP contribution in [0.4, 0.5) is 0 Å². The molecule has 25 heavy (non-hydrogen) atoms. The highest BCUT2D eigenvalue weighted by Crippen LogP contribution is 2.29. The Morgan fingerprint density at radius 1 is 1.12 bits per heavy atom. The lowest BCUT2D eigenvalue weighted by molar-refractivity contribution is -0.131. The molecule has 0 radical (unpaired) electrons. The molecule has 2 aromatic heterocycles. The number of carbonyl (C=O) groups is 1. The van der Waals surface area contributed by atoms with Crippen molar-refractivity contribution in [3.63, 3.8) is 0 Å². The second-order valence-electron chi connectivity index (χ2n) is 6.27. The Kier molecular flexibility index (Phi) is 4.57. The van der Waals surface area contributed by atoms with Crippen LogP contribution in [0.1, 0.15) is 24.1 Å². The molecule has 1 fully saturated rings. The fraction of sp³-hybridized carbons (Fsp3) is 0.250. The maximum Gasteiger partial charge on any atom is 0.229 e. The molecule has 0 aliphatic heterocycles. The van der Waals surface area contributed by atoms with E-state index in [1.165, 1.54) is 16.9 Å². The van der Waals surface area contributed by atoms with E-state index in [4.69, 9.17) is 0 Å². The molecule has 0 bridgehead atoms. The summed E-state index contributed by atoms with van der Waals surface area (Å²) >= 11 is 1.54. The molecule has 1 aliphatic rings. The lowest BCUT2D eigenvalue weighted by Gasteiger charge is -2.22. The van der Waals surface area contributed by atoms with Gasteiger partial charge in [-0.15, -0.1) is 11.3 Å². The molecule has 5 heteroatoms. The van der Waals surface area contributed by atoms with Crippen LogP contribution in [0.15, 0.2) is 60.1 Å². The molecule has 0 spiro atoms. The molecule has 4 rings (SSSR count). The first-order valence-electron chi connectivity index (χ1n) is 8.49. The van der Waals surface area contributed by atoms with E-state index in [0.29, 0.717) is 19.0 Å². The second kappa shape index (κ2) is 7.15. The number of benzene rings is 1. The first-order valence-corrected chi connectivity index (χ1v) is 9.37. The van der Waals surface area contributed by atoms with Gasteiger partial charge in [-0.2, -0.15) is 0 Å². The van der Waals surface area contributed by atoms with Gasteiger partial charge in [0.15, 0.2) is 0 Å². The van der Waals surface area contributed by atoms with Crippen molar-refractivity contribution in [1.82, 2.24) is 14.9 Å². The van der Waals surface area contributed by atoms with Crippen molar-refractivity contribution in [2.45, 2.75) is 31.8 Å². The Bertz CT molecular complexity index is 844. The van der Waals surface area contributed by atoms with Gasteiger partial charge in [0.25, 0.3) is 0 Å². The van der Waals surface area contributed by atoms with Gasteiger partial charge >= 0.3 is 0 Å². The summed E-state index contributed by atoms with van der Waals surface area (Å²) in [4.78, 5) is 23.7. The first-order chi connectivity index (χ1) is 12.3. The maximum atomic E-state index is 12.8. The summed E-state index contributed by atoms with van der Waals surface area (Å²) in [6.07, 6.45) is 4.33. The molecule has 3 aromatic rings. The predicted molar refractivity (Wildman–Crippen MR) is 99.1 cm³/mol. The Morgan fingerprint density at radius 2 is 1.92 bits per heavy atom. The minimum absolute atomic E-state index is 0.157. The fourth-order valence-electron chi connectivity index (χ4n) is 2.84. The Balaban J connectivity index is 1.46. The highest BCUT2D eigenvalue weighted by molar-refractivity contribution is 7.13. The summed E-state index contributed by atoms with van der Waals surface area (Å²) in [5.74, 6) is 0.157. The minimum Gasteiger partial charge on any atom is -0.335 e. The quantitative estimate of drug-likeness (QED) is 0.677. The Hall–Kier alpha value is -2.53. The molecule has 0 N–H and O–H groups in total. The second-order valence-corrected chi connectivity index (χ2v) is 7.13. The van der Waals surface area contributed by atoms with Gasteiger partial charge in [-0.1, -0.05) is 36.4 Å². The monoisotopic (exact) mass is 349 g/mol. The zero-order chi connectivity index (χ0) is 17.1. The minimum atomic E-state index is 0.157. The highest BCUT2D eigenvalue weighted by atomic mass is 32.1. The van der Waals surface area contributed by atoms with Gasteiger partial charge in [0.05, 0.1) is 17.8 Å². The van der Waals surface area contributed by atoms with Gasteiger partial charge in [0.1, 0.15) is 5.01 Å². The topological polar surface area (TPSA) is 46.1 Å². The molecule has 1 amide bonds. The van der Waals surface area contributed by atoms with Crippen molar-refractivity contribution in [1.29, 1.82) is 0 Å². The van der Waals surface area contributed by atoms with Crippen molar-refractivity contribution >= 4 is 17.2 Å². The van der Waals surface area contributed by atoms with Crippen LogP contribution < -0.4 is 0 Å². The van der Waals surface area contributed by atoms with Crippen LogP contribution in [0.25, 0.3) is 10.7 Å². The number of thiazole rings is 1. The van der Waals surface area contributed by atoms with Gasteiger partial charge in [-0.05, 0) is 30.5 Å². The van der Waals surface area contributed by atoms with E-state index < -0.39 is 0 Å². The van der Waals surface area contributed by atoms with E-state index in [9.17, 15) is 4.79 Å². The lowest BCUT2D eigenvalue weighted by Crippen LogP contribution is -2.33. The molecule has 4 nitrogen and oxygen atoms in total. The van der Waals surface area contributed by atoms with Crippen molar-refractivity contribution in [3.8, 4) is 10.7 Å². The lowest BCUT2D eigenvalue weighted by atomic mass is 10.2. The normalized spacial score (nSPS) is 13.6. The highest BCUT2D eigenvalue weighted by Gasteiger charge is 2.32. The van der Waals surface area contributed by atoms with Gasteiger partial charge in [-0.25, -0.2) is 4.98 Å². The van der Waals surface area contributed by atoms with Gasteiger partial charge in [0, 0.05) is 24.2 Å². The zero-order valence-electron chi connectivity index (χ0n) is 13.8. The van der Waals surface area contributed by atoms with Crippen molar-refractivity contribution in [3.05, 3.63) is 71.4 Å². The number of hydrogen-bond donors (Lipinski definition) is 0. The number of pyridine rings is 1. The summed E-state index contributed by atoms with van der Waals surface area (Å²) in [5, 5.41) is 2.83. The van der Waals surface area contributed by atoms with E-state index in [1.807, 2.05) is 46.7 Å². The number of carbonyl (C=O) groups excluding carboxylic acids is 1. The molecule has 2 heterocycles. The average molecular weight is 349 g/mol. The van der Waals surface area contributed by atoms with E-state index in [-0.39, 0.29) is 5.91 Å². The van der Waals surface area contributed by atoms with Crippen LogP contribution in [0.3, 0.4) is 0 Å². The maximum absolute atomic E-state index is 12.8. The van der Waals surface area contributed by atoms with Crippen molar-refractivity contribution in [2.24, 2.45) is 0 Å². The van der Waals surface area contributed by atoms with Gasteiger partial charge < -0.3 is 4.90 Å². The number of amides is 1. The molecule has 126 valence electrons. The molecule has 0 atom stereocenters. The van der Waals surface area contributed by atoms with E-state index in [1.54, 1.807) is 6.20 Å². The smallest absolute Gasteiger partial charge is 0.229 e. The zero-order valence-corrected chi connectivity index (χ0v) is 14.7. The third kappa shape index (κ3) is 3.94. The summed E-state index contributed by atoms with van der Waals surface area (Å²) in [5.41, 5.74) is 2.86. The Labute approximate surface area is 151 Å². The van der Waals surface area contributed by atoms with Crippen molar-refractivity contribution < 1.29 is 4.79 Å². The van der Waals surface area contributed by atoms with Crippen LogP contribution in [0.5, 0.6) is 0 Å². The van der Waals surface area contributed by atoms with Gasteiger partial charge in [-0.3, -0.25) is 9.78 Å². The summed E-state index contributed by atoms with van der Waals surface area (Å²) in [6.45, 7) is 0.682. The van der Waals surface area contributed by atoms with Gasteiger partial charge in [0.2, 0.25) is 5.91 Å². The van der Waals surface area contributed by atoms with Crippen LogP contribution in [0, 0.1) is 0 Å². The standard InChI is InChI=1S/C20H19N3OS/c24-19(23(17-9-10-17)13-15-6-2-1-3-7-15)12-16-14-25-20(22-16)18-8-4-5-11-21-18/h1-8,11,14,17H,9-10,12-13H2. The van der Waals surface area contributed by atoms with Crippen LogP contribution in [0.2, 0.25) is 0 Å². The van der Waals surface area contributed by atoms with Crippen LogP contribution in [-0.2, 0) is 17.8 Å². The van der Waals surface area contributed by atoms with E-state index in [2.05, 4.69) is 22.1 Å². The Morgan fingerprint density at radius 3 is 2.64 bits per heavy atom. The molecule has 0 saturated heterocycles. The largest absolute Gasteiger partial charge is 0.335 e. The third-order valence-corrected chi connectivity index (χ3v) is 5.19. The molecule has 1 saturated carbocycles. The van der Waals surface area contributed by atoms with E-state index >= 15 is 0 Å². The molecular formula is C20H19N3OS. The molecule has 0 unspecified atom stereocenters. The van der Waals surface area contributed by atoms with Crippen molar-refractivity contribution in [2.75, 3.05) is 0 Å². The summed E-state index contributed by atoms with van der Waals surface area (Å²) in [7, 11) is 0. The summed E-state index contributed by atoms with van der Waals surface area (Å²) < 4.78 is 0. The molecule has 1 aliphatic carbocycles. The molecule has 1 aromatic carbocycles. The SMILES string of the molecule is O=C(Cc1csc(-c2ccccn2)n1)N(Cc1ccccc1)C1CC1.